The summed E-state index contributed by atoms with van der Waals surface area (Å²) in [6.45, 7) is 3.74. The zero-order chi connectivity index (χ0) is 18.3. The molecule has 2 amide bonds. The molecule has 1 heterocycles. The number of para-hydroxylation sites is 1. The normalized spacial score (nSPS) is 18.1. The Morgan fingerprint density at radius 2 is 2.12 bits per heavy atom. The number of urea groups is 1. The molecule has 1 aromatic carbocycles. The van der Waals surface area contributed by atoms with Crippen LogP contribution in [-0.4, -0.2) is 43.1 Å². The lowest BCUT2D eigenvalue weighted by molar-refractivity contribution is -0.274. The highest BCUT2D eigenvalue weighted by Gasteiger charge is 2.32. The summed E-state index contributed by atoms with van der Waals surface area (Å²) in [7, 11) is 0. The molecule has 0 spiro atoms. The third-order valence-electron chi connectivity index (χ3n) is 3.85. The molecule has 1 saturated heterocycles. The van der Waals surface area contributed by atoms with Gasteiger partial charge in [-0.3, -0.25) is 0 Å². The van der Waals surface area contributed by atoms with Gasteiger partial charge in [-0.05, 0) is 25.3 Å². The van der Waals surface area contributed by atoms with Crippen molar-refractivity contribution in [3.63, 3.8) is 0 Å². The lowest BCUT2D eigenvalue weighted by Crippen LogP contribution is -2.47. The number of rotatable bonds is 6. The third kappa shape index (κ3) is 6.45. The minimum atomic E-state index is -4.77. The van der Waals surface area contributed by atoms with Crippen LogP contribution in [0, 0.1) is 0 Å². The van der Waals surface area contributed by atoms with Crippen molar-refractivity contribution < 1.29 is 27.4 Å². The first-order valence-electron chi connectivity index (χ1n) is 8.37. The number of alkyl halides is 3. The Kier molecular flexibility index (Phi) is 6.92. The number of piperidine rings is 1. The quantitative estimate of drug-likeness (QED) is 0.842. The van der Waals surface area contributed by atoms with Gasteiger partial charge in [0.1, 0.15) is 5.75 Å². The molecule has 1 unspecified atom stereocenters. The molecule has 1 aromatic rings. The van der Waals surface area contributed by atoms with E-state index < -0.39 is 6.36 Å². The second-order valence-electron chi connectivity index (χ2n) is 5.90. The summed E-state index contributed by atoms with van der Waals surface area (Å²) in [4.78, 5) is 13.9. The molecule has 5 nitrogen and oxygen atoms in total. The van der Waals surface area contributed by atoms with Gasteiger partial charge in [0.2, 0.25) is 0 Å². The minimum absolute atomic E-state index is 0.0142. The molecule has 0 radical (unpaired) electrons. The number of hydrogen-bond donors (Lipinski definition) is 1. The van der Waals surface area contributed by atoms with Crippen molar-refractivity contribution in [2.75, 3.05) is 19.7 Å². The van der Waals surface area contributed by atoms with E-state index in [9.17, 15) is 18.0 Å². The number of nitrogens with one attached hydrogen (secondary N) is 1. The largest absolute Gasteiger partial charge is 0.573 e. The van der Waals surface area contributed by atoms with E-state index in [0.29, 0.717) is 19.7 Å². The number of likely N-dealkylation sites (tertiary alicyclic amines) is 1. The van der Waals surface area contributed by atoms with E-state index in [1.54, 1.807) is 11.0 Å². The Balaban J connectivity index is 1.89. The van der Waals surface area contributed by atoms with Crippen LogP contribution < -0.4 is 10.1 Å². The summed E-state index contributed by atoms with van der Waals surface area (Å²) in [5.41, 5.74) is 0.268. The zero-order valence-corrected chi connectivity index (χ0v) is 14.1. The van der Waals surface area contributed by atoms with Gasteiger partial charge in [0.05, 0.1) is 6.10 Å². The van der Waals surface area contributed by atoms with Crippen LogP contribution in [0.15, 0.2) is 24.3 Å². The standard InChI is InChI=1S/C17H23F3N2O3/c1-2-10-24-14-7-5-9-22(12-14)16(23)21-11-13-6-3-4-8-15(13)25-17(18,19)20/h3-4,6,8,14H,2,5,7,9-12H2,1H3,(H,21,23). The fourth-order valence-electron chi connectivity index (χ4n) is 2.70. The highest BCUT2D eigenvalue weighted by Crippen LogP contribution is 2.26. The van der Waals surface area contributed by atoms with Crippen LogP contribution in [0.4, 0.5) is 18.0 Å². The number of benzene rings is 1. The second-order valence-corrected chi connectivity index (χ2v) is 5.90. The van der Waals surface area contributed by atoms with E-state index in [1.165, 1.54) is 18.2 Å². The van der Waals surface area contributed by atoms with Crippen LogP contribution in [0.1, 0.15) is 31.7 Å². The van der Waals surface area contributed by atoms with Crippen LogP contribution in [0.2, 0.25) is 0 Å². The predicted molar refractivity (Wildman–Crippen MR) is 86.2 cm³/mol. The smallest absolute Gasteiger partial charge is 0.405 e. The molecule has 1 fully saturated rings. The molecule has 0 aliphatic carbocycles. The molecule has 1 aliphatic rings. The lowest BCUT2D eigenvalue weighted by Gasteiger charge is -2.32. The van der Waals surface area contributed by atoms with Crippen molar-refractivity contribution in [2.24, 2.45) is 0 Å². The van der Waals surface area contributed by atoms with Gasteiger partial charge >= 0.3 is 12.4 Å². The van der Waals surface area contributed by atoms with Gasteiger partial charge < -0.3 is 19.7 Å². The number of nitrogens with zero attached hydrogens (tertiary/aromatic N) is 1. The number of ether oxygens (including phenoxy) is 2. The van der Waals surface area contributed by atoms with Crippen molar-refractivity contribution in [3.8, 4) is 5.75 Å². The molecule has 25 heavy (non-hydrogen) atoms. The summed E-state index contributed by atoms with van der Waals surface area (Å²) in [5, 5.41) is 2.66. The summed E-state index contributed by atoms with van der Waals surface area (Å²) < 4.78 is 46.9. The van der Waals surface area contributed by atoms with Crippen LogP contribution in [-0.2, 0) is 11.3 Å². The van der Waals surface area contributed by atoms with Gasteiger partial charge in [-0.1, -0.05) is 25.1 Å². The van der Waals surface area contributed by atoms with Crippen LogP contribution in [0.5, 0.6) is 5.75 Å². The van der Waals surface area contributed by atoms with E-state index in [0.717, 1.165) is 19.3 Å². The van der Waals surface area contributed by atoms with Crippen LogP contribution in [0.3, 0.4) is 0 Å². The Hall–Kier alpha value is -1.96. The molecule has 1 N–H and O–H groups in total. The maximum Gasteiger partial charge on any atom is 0.573 e. The van der Waals surface area contributed by atoms with Crippen LogP contribution in [0.25, 0.3) is 0 Å². The number of halogens is 3. The molecule has 1 aliphatic heterocycles. The highest BCUT2D eigenvalue weighted by molar-refractivity contribution is 5.74. The molecule has 0 bridgehead atoms. The number of carbonyl (C=O) groups excluding carboxylic acids is 1. The van der Waals surface area contributed by atoms with Gasteiger partial charge in [0.15, 0.2) is 0 Å². The van der Waals surface area contributed by atoms with Crippen molar-refractivity contribution >= 4 is 6.03 Å². The van der Waals surface area contributed by atoms with Gasteiger partial charge in [-0.25, -0.2) is 4.79 Å². The SMILES string of the molecule is CCCOC1CCCN(C(=O)NCc2ccccc2OC(F)(F)F)C1. The Labute approximate surface area is 145 Å². The maximum absolute atomic E-state index is 12.4. The Morgan fingerprint density at radius 3 is 2.84 bits per heavy atom. The fourth-order valence-corrected chi connectivity index (χ4v) is 2.70. The first-order valence-corrected chi connectivity index (χ1v) is 8.37. The van der Waals surface area contributed by atoms with E-state index in [4.69, 9.17) is 4.74 Å². The molecule has 140 valence electrons. The lowest BCUT2D eigenvalue weighted by atomic mass is 10.1. The van der Waals surface area contributed by atoms with Crippen molar-refractivity contribution in [1.82, 2.24) is 10.2 Å². The Bertz CT molecular complexity index is 566. The van der Waals surface area contributed by atoms with E-state index in [-0.39, 0.29) is 30.0 Å². The van der Waals surface area contributed by atoms with Gasteiger partial charge in [0, 0.05) is 31.8 Å². The van der Waals surface area contributed by atoms with Crippen LogP contribution >= 0.6 is 0 Å². The highest BCUT2D eigenvalue weighted by atomic mass is 19.4. The topological polar surface area (TPSA) is 50.8 Å². The fraction of sp³-hybridized carbons (Fsp3) is 0.588. The summed E-state index contributed by atoms with van der Waals surface area (Å²) in [5.74, 6) is -0.307. The average molecular weight is 360 g/mol. The van der Waals surface area contributed by atoms with E-state index in [2.05, 4.69) is 10.1 Å². The number of amides is 2. The number of carbonyl (C=O) groups is 1. The molecule has 1 atom stereocenters. The van der Waals surface area contributed by atoms with Crippen molar-refractivity contribution in [2.45, 2.75) is 45.2 Å². The maximum atomic E-state index is 12.4. The molecule has 0 saturated carbocycles. The first kappa shape index (κ1) is 19.4. The zero-order valence-electron chi connectivity index (χ0n) is 14.1. The third-order valence-corrected chi connectivity index (χ3v) is 3.85. The van der Waals surface area contributed by atoms with E-state index >= 15 is 0 Å². The minimum Gasteiger partial charge on any atom is -0.405 e. The van der Waals surface area contributed by atoms with Crippen molar-refractivity contribution in [3.05, 3.63) is 29.8 Å². The summed E-state index contributed by atoms with van der Waals surface area (Å²) >= 11 is 0. The monoisotopic (exact) mass is 360 g/mol. The van der Waals surface area contributed by atoms with Gasteiger partial charge in [-0.15, -0.1) is 13.2 Å². The number of hydrogen-bond acceptors (Lipinski definition) is 3. The Morgan fingerprint density at radius 1 is 1.36 bits per heavy atom. The molecular formula is C17H23F3N2O3. The van der Waals surface area contributed by atoms with Gasteiger partial charge in [0.25, 0.3) is 0 Å². The first-order chi connectivity index (χ1) is 11.9. The molecule has 2 rings (SSSR count). The van der Waals surface area contributed by atoms with E-state index in [1.807, 2.05) is 6.92 Å². The second kappa shape index (κ2) is 8.94. The summed E-state index contributed by atoms with van der Waals surface area (Å²) in [6, 6.07) is 5.45. The summed E-state index contributed by atoms with van der Waals surface area (Å²) in [6.07, 6.45) is -2.09. The average Bonchev–Trinajstić information content (AvgIpc) is 2.58. The van der Waals surface area contributed by atoms with Gasteiger partial charge in [-0.2, -0.15) is 0 Å². The van der Waals surface area contributed by atoms with Crippen molar-refractivity contribution in [1.29, 1.82) is 0 Å². The molecule has 8 heteroatoms. The molecular weight excluding hydrogens is 337 g/mol. The predicted octanol–water partition coefficient (Wildman–Crippen LogP) is 3.69. The molecule has 0 aromatic heterocycles.